The number of rotatable bonds is 54. The molecule has 0 spiro atoms. The average Bonchev–Trinajstić information content (AvgIpc) is 0.833. The quantitative estimate of drug-likeness (QED) is 0.0125. The van der Waals surface area contributed by atoms with Crippen molar-refractivity contribution in [2.75, 3.05) is 45.0 Å². The van der Waals surface area contributed by atoms with E-state index in [1.165, 1.54) is 45.0 Å². The molecule has 0 radical (unpaired) electrons. The number of thiol groups is 2. The van der Waals surface area contributed by atoms with E-state index in [0.29, 0.717) is 24.8 Å². The molecule has 616 valence electrons. The van der Waals surface area contributed by atoms with Crippen molar-refractivity contribution >= 4 is 120 Å². The molecular formula is C65H116N24O18S2. The maximum atomic E-state index is 14.4. The molecule has 1 aromatic rings. The molecule has 0 saturated heterocycles. The van der Waals surface area contributed by atoms with Crippen LogP contribution < -0.4 is 121 Å². The SMILES string of the molecule is CCCC[C@H](NC(=O)[C@H](CCCN=C(N)N)NC(=O)[C@H](CCN)NC(=O)[C@H](CS)NC(=O)[C@H](CCCCN)NC(=O)[C@@H](CCN)NC(=O)[C@@H](NC(=O)[C@H](CCN)NC(=O)[C@H](CCCN=C(N)N)NC(=O)[C@H](CC(N)=O)NC(=O)[C@@H](NC(=O)[C@H](Cc1ccc(O)cc1)NC(=O)[C@@H](N)[C@@H](C)O)C(C)(C)S)[C@@H](C)O)C(=O)O. The molecule has 15 atom stereocenters. The third-order valence-electron chi connectivity index (χ3n) is 16.5. The largest absolute Gasteiger partial charge is 0.508 e. The molecule has 13 amide bonds. The lowest BCUT2D eigenvalue weighted by molar-refractivity contribution is -0.142. The second-order valence-corrected chi connectivity index (χ2v) is 27.8. The highest BCUT2D eigenvalue weighted by Gasteiger charge is 2.41. The second-order valence-electron chi connectivity index (χ2n) is 26.3. The number of amides is 13. The molecule has 0 unspecified atom stereocenters. The van der Waals surface area contributed by atoms with Gasteiger partial charge in [-0.3, -0.25) is 72.3 Å². The molecule has 42 nitrogen and oxygen atoms in total. The maximum Gasteiger partial charge on any atom is 0.326 e. The monoisotopic (exact) mass is 1580 g/mol. The van der Waals surface area contributed by atoms with E-state index < -0.39 is 185 Å². The number of benzene rings is 1. The minimum atomic E-state index is -1.92. The first-order chi connectivity index (χ1) is 51.2. The summed E-state index contributed by atoms with van der Waals surface area (Å²) in [7, 11) is 0. The van der Waals surface area contributed by atoms with Crippen molar-refractivity contribution in [3.05, 3.63) is 29.8 Å². The molecule has 44 heteroatoms. The lowest BCUT2D eigenvalue weighted by Crippen LogP contribution is -2.64. The summed E-state index contributed by atoms with van der Waals surface area (Å²) in [6.45, 7) is 6.27. The Balaban J connectivity index is 3.59. The van der Waals surface area contributed by atoms with Gasteiger partial charge >= 0.3 is 5.97 Å². The highest BCUT2D eigenvalue weighted by Crippen LogP contribution is 2.20. The molecule has 1 rings (SSSR count). The van der Waals surface area contributed by atoms with Gasteiger partial charge in [-0.05, 0) is 142 Å². The number of hydrogen-bond acceptors (Lipinski definition) is 26. The van der Waals surface area contributed by atoms with Gasteiger partial charge in [0.25, 0.3) is 0 Å². The molecule has 0 fully saturated rings. The number of primary amides is 1. The van der Waals surface area contributed by atoms with Crippen LogP contribution in [0, 0.1) is 0 Å². The van der Waals surface area contributed by atoms with Crippen molar-refractivity contribution in [3.63, 3.8) is 0 Å². The fourth-order valence-electron chi connectivity index (χ4n) is 10.3. The summed E-state index contributed by atoms with van der Waals surface area (Å²) in [6.07, 6.45) is -3.81. The Bertz CT molecular complexity index is 3220. The van der Waals surface area contributed by atoms with Crippen LogP contribution in [0.15, 0.2) is 34.3 Å². The van der Waals surface area contributed by atoms with Crippen LogP contribution in [0.25, 0.3) is 0 Å². The zero-order valence-corrected chi connectivity index (χ0v) is 63.9. The molecule has 0 aliphatic carbocycles. The standard InChI is InChI=1S/C65H116N24O18S2/c1-6-7-12-42(62(106)107)84-51(95)38(15-11-28-77-64(74)75)79-53(97)39(20-24-67)82-58(102)45(31-108)87-52(96)36(13-8-9-23-66)78-54(98)40(21-25-68)83-60(104)48(33(3)91)88-55(99)41(22-26-69)81-50(94)37(14-10-27-76-63(72)73)80-56(100)44(30-46(70)93)86-61(105)49(65(4,5)109)89-57(101)43(85-59(103)47(71)32(2)90)29-34-16-18-35(92)19-17-34/h16-19,32-33,36-45,47-49,90-92,108-109H,6-15,20-31,66-69,71H2,1-5H3,(H2,70,93)(H,78,98)(H,79,97)(H,80,100)(H,81,94)(H,82,102)(H,83,104)(H,84,95)(H,85,103)(H,86,105)(H,87,96)(H,88,99)(H,89,101)(H,106,107)(H4,72,73,76)(H4,74,75,77)/t32-,33-,36+,37+,38+,39+,40-,41+,42+,43+,44+,45+,47+,48+,49-/m1/s1. The number of hydrogen-bond donors (Lipinski definition) is 28. The molecular weight excluding hydrogens is 1470 g/mol. The van der Waals surface area contributed by atoms with E-state index in [9.17, 15) is 87.5 Å². The lowest BCUT2D eigenvalue weighted by Gasteiger charge is -2.33. The zero-order valence-electron chi connectivity index (χ0n) is 62.1. The van der Waals surface area contributed by atoms with Gasteiger partial charge in [-0.15, -0.1) is 0 Å². The zero-order chi connectivity index (χ0) is 82.8. The normalized spacial score (nSPS) is 15.4. The van der Waals surface area contributed by atoms with Crippen molar-refractivity contribution in [2.24, 2.45) is 67.3 Å². The van der Waals surface area contributed by atoms with Gasteiger partial charge in [-0.1, -0.05) is 31.9 Å². The molecule has 0 bridgehead atoms. The summed E-state index contributed by atoms with van der Waals surface area (Å²) in [5.41, 5.74) is 57.1. The predicted octanol–water partition coefficient (Wildman–Crippen LogP) is -10.1. The minimum Gasteiger partial charge on any atom is -0.508 e. The Morgan fingerprint density at radius 1 is 0.440 bits per heavy atom. The van der Waals surface area contributed by atoms with Gasteiger partial charge in [0.15, 0.2) is 11.9 Å². The summed E-state index contributed by atoms with van der Waals surface area (Å²) < 4.78 is -1.50. The van der Waals surface area contributed by atoms with E-state index in [1.54, 1.807) is 0 Å². The van der Waals surface area contributed by atoms with Gasteiger partial charge in [0, 0.05) is 30.0 Å². The van der Waals surface area contributed by atoms with E-state index >= 15 is 0 Å². The summed E-state index contributed by atoms with van der Waals surface area (Å²) >= 11 is 8.77. The first-order valence-corrected chi connectivity index (χ1v) is 36.6. The molecule has 109 heavy (non-hydrogen) atoms. The Hall–Kier alpha value is -9.44. The van der Waals surface area contributed by atoms with E-state index in [4.69, 9.17) is 57.3 Å². The van der Waals surface area contributed by atoms with Crippen molar-refractivity contribution in [1.29, 1.82) is 0 Å². The molecule has 0 aliphatic rings. The third-order valence-corrected chi connectivity index (χ3v) is 17.1. The van der Waals surface area contributed by atoms with Crippen LogP contribution in [0.2, 0.25) is 0 Å². The van der Waals surface area contributed by atoms with Gasteiger partial charge in [-0.2, -0.15) is 25.3 Å². The van der Waals surface area contributed by atoms with Crippen LogP contribution in [0.3, 0.4) is 0 Å². The molecule has 0 heterocycles. The van der Waals surface area contributed by atoms with E-state index in [0.717, 1.165) is 6.92 Å². The number of carboxylic acid groups (broad SMARTS) is 1. The van der Waals surface area contributed by atoms with Gasteiger partial charge in [-0.25, -0.2) is 4.79 Å². The van der Waals surface area contributed by atoms with Gasteiger partial charge in [0.05, 0.1) is 18.6 Å². The number of aliphatic hydroxyl groups excluding tert-OH is 2. The summed E-state index contributed by atoms with van der Waals surface area (Å²) in [6, 6.07) is -15.0. The first kappa shape index (κ1) is 97.6. The van der Waals surface area contributed by atoms with Crippen LogP contribution in [0.1, 0.15) is 130 Å². The number of guanidine groups is 2. The predicted molar refractivity (Wildman–Crippen MR) is 408 cm³/mol. The summed E-state index contributed by atoms with van der Waals surface area (Å²) in [5, 5.41) is 70.1. The van der Waals surface area contributed by atoms with Crippen molar-refractivity contribution in [2.45, 2.75) is 226 Å². The number of carboxylic acids is 1. The Morgan fingerprint density at radius 3 is 1.17 bits per heavy atom. The van der Waals surface area contributed by atoms with Crippen LogP contribution in [-0.4, -0.2) is 256 Å². The van der Waals surface area contributed by atoms with Crippen LogP contribution >= 0.6 is 25.3 Å². The third kappa shape index (κ3) is 37.5. The number of aliphatic carboxylic acids is 1. The number of carbonyl (C=O) groups is 14. The number of carbonyl (C=O) groups excluding carboxylic acids is 13. The summed E-state index contributed by atoms with van der Waals surface area (Å²) in [4.78, 5) is 201. The fraction of sp³-hybridized carbons (Fsp3) is 0.662. The van der Waals surface area contributed by atoms with Crippen molar-refractivity contribution in [1.82, 2.24) is 63.8 Å². The van der Waals surface area contributed by atoms with Gasteiger partial charge < -0.3 is 142 Å². The number of unbranched alkanes of at least 4 members (excludes halogenated alkanes) is 2. The van der Waals surface area contributed by atoms with Crippen LogP contribution in [-0.2, 0) is 73.5 Å². The molecule has 0 aromatic heterocycles. The van der Waals surface area contributed by atoms with Gasteiger partial charge in [0.2, 0.25) is 76.8 Å². The number of aliphatic imine (C=N–C) groups is 2. The van der Waals surface area contributed by atoms with Crippen LogP contribution in [0.5, 0.6) is 5.75 Å². The molecule has 1 aromatic carbocycles. The van der Waals surface area contributed by atoms with E-state index in [1.807, 2.05) is 6.92 Å². The van der Waals surface area contributed by atoms with Gasteiger partial charge in [0.1, 0.15) is 84.3 Å². The molecule has 36 N–H and O–H groups in total. The molecule has 0 aliphatic heterocycles. The number of aromatic hydroxyl groups is 1. The highest BCUT2D eigenvalue weighted by atomic mass is 32.1. The number of phenolic OH excluding ortho intramolecular Hbond substituents is 1. The van der Waals surface area contributed by atoms with Crippen molar-refractivity contribution < 1.29 is 87.5 Å². The number of nitrogens with two attached hydrogens (primary N) is 10. The fourth-order valence-corrected chi connectivity index (χ4v) is 10.8. The summed E-state index contributed by atoms with van der Waals surface area (Å²) in [5.74, 6) is -16.0. The first-order valence-electron chi connectivity index (χ1n) is 35.5. The highest BCUT2D eigenvalue weighted by molar-refractivity contribution is 7.81. The Kier molecular flexibility index (Phi) is 45.7. The smallest absolute Gasteiger partial charge is 0.326 e. The van der Waals surface area contributed by atoms with Crippen LogP contribution in [0.4, 0.5) is 0 Å². The van der Waals surface area contributed by atoms with Crippen molar-refractivity contribution in [3.8, 4) is 5.75 Å². The average molecular weight is 1590 g/mol. The number of aliphatic hydroxyl groups is 2. The van der Waals surface area contributed by atoms with E-state index in [2.05, 4.69) is 99.0 Å². The topological polar surface area (TPSA) is 749 Å². The Labute approximate surface area is 642 Å². The number of phenols is 1. The molecule has 0 saturated carbocycles. The van der Waals surface area contributed by atoms with E-state index in [-0.39, 0.29) is 133 Å². The number of nitrogens with one attached hydrogen (secondary N) is 12. The Morgan fingerprint density at radius 2 is 0.798 bits per heavy atom. The minimum absolute atomic E-state index is 0.0350. The lowest BCUT2D eigenvalue weighted by atomic mass is 9.99. The number of nitrogens with zero attached hydrogens (tertiary/aromatic N) is 2. The maximum absolute atomic E-state index is 14.4. The second kappa shape index (κ2) is 51.0.